The number of nitrogens with one attached hydrogen (secondary N) is 2. The molecule has 1 atom stereocenters. The second kappa shape index (κ2) is 5.63. The average Bonchev–Trinajstić information content (AvgIpc) is 2.48. The van der Waals surface area contributed by atoms with Crippen LogP contribution in [-0.2, 0) is 9.59 Å². The van der Waals surface area contributed by atoms with Crippen LogP contribution in [-0.4, -0.2) is 38.0 Å². The summed E-state index contributed by atoms with van der Waals surface area (Å²) in [6.07, 6.45) is 1.04. The molecule has 3 rings (SSSR count). The van der Waals surface area contributed by atoms with Gasteiger partial charge in [-0.3, -0.25) is 14.9 Å². The molecular formula is C15H19N3O2. The fourth-order valence-electron chi connectivity index (χ4n) is 2.85. The van der Waals surface area contributed by atoms with Crippen molar-refractivity contribution in [3.05, 3.63) is 29.8 Å². The van der Waals surface area contributed by atoms with E-state index in [9.17, 15) is 9.59 Å². The first-order valence-electron chi connectivity index (χ1n) is 7.13. The lowest BCUT2D eigenvalue weighted by atomic mass is 9.90. The van der Waals surface area contributed by atoms with Crippen LogP contribution in [0.1, 0.15) is 24.3 Å². The summed E-state index contributed by atoms with van der Waals surface area (Å²) in [7, 11) is 0. The van der Waals surface area contributed by atoms with Crippen LogP contribution in [0.4, 0.5) is 5.69 Å². The van der Waals surface area contributed by atoms with Crippen molar-refractivity contribution >= 4 is 17.5 Å². The third kappa shape index (κ3) is 2.67. The average molecular weight is 273 g/mol. The van der Waals surface area contributed by atoms with Crippen LogP contribution in [0.25, 0.3) is 0 Å². The summed E-state index contributed by atoms with van der Waals surface area (Å²) in [5.74, 6) is -0.523. The van der Waals surface area contributed by atoms with Crippen LogP contribution in [0, 0.1) is 0 Å². The second-order valence-electron chi connectivity index (χ2n) is 5.33. The summed E-state index contributed by atoms with van der Waals surface area (Å²) in [6.45, 7) is 4.04. The zero-order chi connectivity index (χ0) is 13.9. The normalized spacial score (nSPS) is 23.6. The Hall–Kier alpha value is -1.88. The molecule has 2 aliphatic rings. The van der Waals surface area contributed by atoms with E-state index >= 15 is 0 Å². The van der Waals surface area contributed by atoms with Crippen molar-refractivity contribution in [3.63, 3.8) is 0 Å². The molecule has 0 spiro atoms. The lowest BCUT2D eigenvalue weighted by Gasteiger charge is -2.30. The molecule has 106 valence electrons. The highest BCUT2D eigenvalue weighted by molar-refractivity contribution is 6.00. The Kier molecular flexibility index (Phi) is 3.69. The highest BCUT2D eigenvalue weighted by Gasteiger charge is 2.27. The Morgan fingerprint density at radius 3 is 2.40 bits per heavy atom. The molecule has 5 nitrogen and oxygen atoms in total. The Bertz CT molecular complexity index is 506. The molecule has 0 radical (unpaired) electrons. The minimum absolute atomic E-state index is 0.163. The van der Waals surface area contributed by atoms with Gasteiger partial charge in [0.15, 0.2) is 0 Å². The Morgan fingerprint density at radius 2 is 1.75 bits per heavy atom. The highest BCUT2D eigenvalue weighted by Crippen LogP contribution is 2.26. The number of carbonyl (C=O) groups excluding carboxylic acids is 2. The van der Waals surface area contributed by atoms with Crippen LogP contribution in [0.5, 0.6) is 0 Å². The van der Waals surface area contributed by atoms with Gasteiger partial charge in [-0.05, 0) is 24.1 Å². The van der Waals surface area contributed by atoms with Crippen molar-refractivity contribution in [1.82, 2.24) is 10.6 Å². The summed E-state index contributed by atoms with van der Waals surface area (Å²) >= 11 is 0. The van der Waals surface area contributed by atoms with Crippen molar-refractivity contribution in [3.8, 4) is 0 Å². The maximum absolute atomic E-state index is 11.8. The fraction of sp³-hybridized carbons (Fsp3) is 0.467. The largest absolute Gasteiger partial charge is 0.369 e. The topological polar surface area (TPSA) is 61.4 Å². The molecule has 2 fully saturated rings. The lowest BCUT2D eigenvalue weighted by Crippen LogP contribution is -2.43. The van der Waals surface area contributed by atoms with Gasteiger partial charge in [-0.15, -0.1) is 0 Å². The Morgan fingerprint density at radius 1 is 1.05 bits per heavy atom. The summed E-state index contributed by atoms with van der Waals surface area (Å²) in [6, 6.07) is 8.17. The molecule has 2 aliphatic heterocycles. The first kappa shape index (κ1) is 13.1. The number of rotatable bonds is 2. The molecule has 2 saturated heterocycles. The van der Waals surface area contributed by atoms with E-state index in [0.29, 0.717) is 12.8 Å². The summed E-state index contributed by atoms with van der Waals surface area (Å²) in [4.78, 5) is 25.3. The summed E-state index contributed by atoms with van der Waals surface area (Å²) in [5, 5.41) is 5.74. The Balaban J connectivity index is 1.72. The number of nitrogens with zero attached hydrogens (tertiary/aromatic N) is 1. The van der Waals surface area contributed by atoms with E-state index < -0.39 is 0 Å². The van der Waals surface area contributed by atoms with Gasteiger partial charge < -0.3 is 10.2 Å². The van der Waals surface area contributed by atoms with E-state index in [1.54, 1.807) is 0 Å². The van der Waals surface area contributed by atoms with Crippen molar-refractivity contribution in [2.45, 2.75) is 18.8 Å². The minimum atomic E-state index is -0.190. The summed E-state index contributed by atoms with van der Waals surface area (Å²) in [5.41, 5.74) is 2.19. The quantitative estimate of drug-likeness (QED) is 0.775. The second-order valence-corrected chi connectivity index (χ2v) is 5.33. The van der Waals surface area contributed by atoms with Crippen molar-refractivity contribution in [2.75, 3.05) is 31.1 Å². The van der Waals surface area contributed by atoms with E-state index in [4.69, 9.17) is 0 Å². The van der Waals surface area contributed by atoms with Gasteiger partial charge in [0.25, 0.3) is 0 Å². The van der Waals surface area contributed by atoms with Gasteiger partial charge in [0.2, 0.25) is 11.8 Å². The van der Waals surface area contributed by atoms with Crippen LogP contribution >= 0.6 is 0 Å². The first-order chi connectivity index (χ1) is 9.74. The molecule has 20 heavy (non-hydrogen) atoms. The standard InChI is InChI=1S/C15H19N3O2/c19-14-6-5-13(15(20)17-14)11-1-3-12(4-2-11)18-9-7-16-8-10-18/h1-4,13,16H,5-10H2,(H,17,19,20). The van der Waals surface area contributed by atoms with E-state index in [-0.39, 0.29) is 17.7 Å². The number of hydrogen-bond donors (Lipinski definition) is 2. The van der Waals surface area contributed by atoms with Gasteiger partial charge in [0.1, 0.15) is 0 Å². The molecule has 2 heterocycles. The highest BCUT2D eigenvalue weighted by atomic mass is 16.2. The zero-order valence-corrected chi connectivity index (χ0v) is 11.4. The van der Waals surface area contributed by atoms with E-state index in [0.717, 1.165) is 31.7 Å². The lowest BCUT2D eigenvalue weighted by molar-refractivity contribution is -0.134. The number of amides is 2. The van der Waals surface area contributed by atoms with Crippen LogP contribution in [0.2, 0.25) is 0 Å². The van der Waals surface area contributed by atoms with Gasteiger partial charge in [0, 0.05) is 38.3 Å². The van der Waals surface area contributed by atoms with Crippen molar-refractivity contribution < 1.29 is 9.59 Å². The van der Waals surface area contributed by atoms with E-state index in [1.807, 2.05) is 12.1 Å². The van der Waals surface area contributed by atoms with Gasteiger partial charge >= 0.3 is 0 Å². The van der Waals surface area contributed by atoms with Gasteiger partial charge in [0.05, 0.1) is 5.92 Å². The minimum Gasteiger partial charge on any atom is -0.369 e. The predicted octanol–water partition coefficient (Wildman–Crippen LogP) is 0.616. The number of piperidine rings is 1. The molecule has 0 bridgehead atoms. The fourth-order valence-corrected chi connectivity index (χ4v) is 2.85. The Labute approximate surface area is 118 Å². The molecule has 1 unspecified atom stereocenters. The molecular weight excluding hydrogens is 254 g/mol. The van der Waals surface area contributed by atoms with Crippen molar-refractivity contribution in [2.24, 2.45) is 0 Å². The zero-order valence-electron chi connectivity index (χ0n) is 11.4. The predicted molar refractivity (Wildman–Crippen MR) is 76.6 cm³/mol. The van der Waals surface area contributed by atoms with E-state index in [2.05, 4.69) is 27.7 Å². The molecule has 5 heteroatoms. The van der Waals surface area contributed by atoms with E-state index in [1.165, 1.54) is 5.69 Å². The molecule has 2 N–H and O–H groups in total. The molecule has 0 aliphatic carbocycles. The SMILES string of the molecule is O=C1CCC(c2ccc(N3CCNCC3)cc2)C(=O)N1. The molecule has 1 aromatic carbocycles. The third-order valence-electron chi connectivity index (χ3n) is 4.02. The number of benzene rings is 1. The number of anilines is 1. The van der Waals surface area contributed by atoms with Crippen LogP contribution in [0.3, 0.4) is 0 Å². The van der Waals surface area contributed by atoms with Gasteiger partial charge in [-0.25, -0.2) is 0 Å². The number of piperazine rings is 1. The maximum Gasteiger partial charge on any atom is 0.234 e. The monoisotopic (exact) mass is 273 g/mol. The molecule has 1 aromatic rings. The number of carbonyl (C=O) groups is 2. The van der Waals surface area contributed by atoms with Crippen LogP contribution < -0.4 is 15.5 Å². The van der Waals surface area contributed by atoms with Gasteiger partial charge in [-0.1, -0.05) is 12.1 Å². The maximum atomic E-state index is 11.8. The molecule has 2 amide bonds. The number of hydrogen-bond acceptors (Lipinski definition) is 4. The molecule has 0 saturated carbocycles. The van der Waals surface area contributed by atoms with Gasteiger partial charge in [-0.2, -0.15) is 0 Å². The number of imide groups is 1. The summed E-state index contributed by atoms with van der Waals surface area (Å²) < 4.78 is 0. The van der Waals surface area contributed by atoms with Crippen LogP contribution in [0.15, 0.2) is 24.3 Å². The third-order valence-corrected chi connectivity index (χ3v) is 4.02. The smallest absolute Gasteiger partial charge is 0.234 e. The van der Waals surface area contributed by atoms with Crippen molar-refractivity contribution in [1.29, 1.82) is 0 Å². The molecule has 0 aromatic heterocycles. The first-order valence-corrected chi connectivity index (χ1v) is 7.13.